The van der Waals surface area contributed by atoms with Crippen molar-refractivity contribution >= 4 is 11.6 Å². The van der Waals surface area contributed by atoms with Crippen LogP contribution in [-0.2, 0) is 18.3 Å². The van der Waals surface area contributed by atoms with Gasteiger partial charge in [0.2, 0.25) is 0 Å². The fraction of sp³-hybridized carbons (Fsp3) is 0.700. The minimum absolute atomic E-state index is 0.750. The van der Waals surface area contributed by atoms with E-state index >= 15 is 0 Å². The molecule has 0 unspecified atom stereocenters. The summed E-state index contributed by atoms with van der Waals surface area (Å²) in [6.45, 7) is 4.37. The molecule has 1 N–H and O–H groups in total. The summed E-state index contributed by atoms with van der Waals surface area (Å²) in [6, 6.07) is 0. The van der Waals surface area contributed by atoms with E-state index in [1.807, 2.05) is 18.7 Å². The second-order valence-corrected chi connectivity index (χ2v) is 3.87. The van der Waals surface area contributed by atoms with Crippen molar-refractivity contribution in [1.82, 2.24) is 15.1 Å². The Morgan fingerprint density at radius 3 is 2.80 bits per heavy atom. The molecule has 0 saturated carbocycles. The molecule has 0 aliphatic carbocycles. The smallest absolute Gasteiger partial charge is 0.0860 e. The Labute approximate surface area is 95.6 Å². The zero-order chi connectivity index (χ0) is 11.3. The van der Waals surface area contributed by atoms with Crippen LogP contribution in [0.3, 0.4) is 0 Å². The second kappa shape index (κ2) is 6.10. The van der Waals surface area contributed by atoms with Gasteiger partial charge in [0.05, 0.1) is 16.4 Å². The van der Waals surface area contributed by atoms with Crippen LogP contribution in [0.25, 0.3) is 0 Å². The molecule has 0 aliphatic heterocycles. The van der Waals surface area contributed by atoms with Crippen LogP contribution in [0.1, 0.15) is 17.8 Å². The number of aromatic nitrogens is 2. The van der Waals surface area contributed by atoms with Gasteiger partial charge in [0.25, 0.3) is 0 Å². The number of ether oxygens (including phenoxy) is 1. The van der Waals surface area contributed by atoms with E-state index in [0.717, 1.165) is 42.5 Å². The predicted octanol–water partition coefficient (Wildman–Crippen LogP) is 1.51. The van der Waals surface area contributed by atoms with Crippen molar-refractivity contribution < 1.29 is 4.74 Å². The van der Waals surface area contributed by atoms with Crippen molar-refractivity contribution in [3.8, 4) is 0 Å². The molecule has 1 aromatic heterocycles. The molecule has 5 heteroatoms. The summed E-state index contributed by atoms with van der Waals surface area (Å²) in [6.07, 6.45) is 1.00. The summed E-state index contributed by atoms with van der Waals surface area (Å²) in [7, 11) is 3.62. The molecule has 15 heavy (non-hydrogen) atoms. The Morgan fingerprint density at radius 2 is 2.27 bits per heavy atom. The van der Waals surface area contributed by atoms with Gasteiger partial charge in [-0.2, -0.15) is 5.10 Å². The molecule has 4 nitrogen and oxygen atoms in total. The van der Waals surface area contributed by atoms with Gasteiger partial charge in [-0.15, -0.1) is 0 Å². The van der Waals surface area contributed by atoms with Gasteiger partial charge >= 0.3 is 0 Å². The number of aryl methyl sites for hydroxylation is 2. The molecule has 1 rings (SSSR count). The number of methoxy groups -OCH3 is 1. The third-order valence-electron chi connectivity index (χ3n) is 2.26. The molecule has 0 fully saturated rings. The molecule has 0 spiro atoms. The zero-order valence-corrected chi connectivity index (χ0v) is 10.3. The highest BCUT2D eigenvalue weighted by molar-refractivity contribution is 6.31. The first kappa shape index (κ1) is 12.5. The van der Waals surface area contributed by atoms with Crippen LogP contribution in [0, 0.1) is 6.92 Å². The fourth-order valence-electron chi connectivity index (χ4n) is 1.42. The molecule has 0 aliphatic rings. The topological polar surface area (TPSA) is 39.1 Å². The number of rotatable bonds is 6. The Balaban J connectivity index is 2.37. The van der Waals surface area contributed by atoms with Crippen LogP contribution in [0.4, 0.5) is 0 Å². The lowest BCUT2D eigenvalue weighted by molar-refractivity contribution is 0.194. The average molecular weight is 232 g/mol. The number of nitrogens with one attached hydrogen (secondary N) is 1. The van der Waals surface area contributed by atoms with Gasteiger partial charge in [-0.25, -0.2) is 0 Å². The third kappa shape index (κ3) is 3.48. The quantitative estimate of drug-likeness (QED) is 0.755. The molecule has 86 valence electrons. The zero-order valence-electron chi connectivity index (χ0n) is 9.51. The molecule has 1 aromatic rings. The van der Waals surface area contributed by atoms with Crippen molar-refractivity contribution in [3.63, 3.8) is 0 Å². The fourth-order valence-corrected chi connectivity index (χ4v) is 1.65. The summed E-state index contributed by atoms with van der Waals surface area (Å²) < 4.78 is 6.78. The van der Waals surface area contributed by atoms with E-state index in [9.17, 15) is 0 Å². The van der Waals surface area contributed by atoms with E-state index < -0.39 is 0 Å². The summed E-state index contributed by atoms with van der Waals surface area (Å²) in [4.78, 5) is 0. The Bertz CT molecular complexity index is 312. The maximum absolute atomic E-state index is 6.11. The van der Waals surface area contributed by atoms with Crippen LogP contribution < -0.4 is 5.32 Å². The van der Waals surface area contributed by atoms with Gasteiger partial charge in [0.1, 0.15) is 0 Å². The van der Waals surface area contributed by atoms with Crippen LogP contribution in [0.15, 0.2) is 0 Å². The number of hydrogen-bond acceptors (Lipinski definition) is 3. The first-order valence-electron chi connectivity index (χ1n) is 5.04. The second-order valence-electron chi connectivity index (χ2n) is 3.49. The van der Waals surface area contributed by atoms with Crippen molar-refractivity contribution in [3.05, 3.63) is 16.4 Å². The molecule has 1 heterocycles. The van der Waals surface area contributed by atoms with Crippen LogP contribution in [0.5, 0.6) is 0 Å². The molecular formula is C10H18ClN3O. The van der Waals surface area contributed by atoms with Gasteiger partial charge in [-0.1, -0.05) is 11.6 Å². The lowest BCUT2D eigenvalue weighted by atomic mass is 10.3. The van der Waals surface area contributed by atoms with E-state index in [4.69, 9.17) is 16.3 Å². The standard InChI is InChI=1S/C10H18ClN3O/c1-8-10(11)9(14(2)13-8)7-12-5-4-6-15-3/h12H,4-7H2,1-3H3. The molecule has 0 atom stereocenters. The van der Waals surface area contributed by atoms with Crippen LogP contribution in [-0.4, -0.2) is 30.0 Å². The predicted molar refractivity (Wildman–Crippen MR) is 61.2 cm³/mol. The average Bonchev–Trinajstić information content (AvgIpc) is 2.44. The Hall–Kier alpha value is -0.580. The van der Waals surface area contributed by atoms with Crippen LogP contribution >= 0.6 is 11.6 Å². The van der Waals surface area contributed by atoms with Crippen molar-refractivity contribution in [2.45, 2.75) is 19.9 Å². The van der Waals surface area contributed by atoms with E-state index in [0.29, 0.717) is 0 Å². The lowest BCUT2D eigenvalue weighted by Crippen LogP contribution is -2.18. The third-order valence-corrected chi connectivity index (χ3v) is 2.75. The van der Waals surface area contributed by atoms with Crippen molar-refractivity contribution in [2.24, 2.45) is 7.05 Å². The number of halogens is 1. The Morgan fingerprint density at radius 1 is 1.53 bits per heavy atom. The normalized spacial score (nSPS) is 10.9. The van der Waals surface area contributed by atoms with Gasteiger partial charge in [-0.3, -0.25) is 4.68 Å². The van der Waals surface area contributed by atoms with E-state index in [-0.39, 0.29) is 0 Å². The molecule has 0 bridgehead atoms. The Kier molecular flexibility index (Phi) is 5.08. The van der Waals surface area contributed by atoms with Gasteiger partial charge in [-0.05, 0) is 19.9 Å². The van der Waals surface area contributed by atoms with Gasteiger partial charge in [0.15, 0.2) is 0 Å². The highest BCUT2D eigenvalue weighted by atomic mass is 35.5. The van der Waals surface area contributed by atoms with E-state index in [1.165, 1.54) is 0 Å². The summed E-state index contributed by atoms with van der Waals surface area (Å²) >= 11 is 6.11. The molecule has 0 amide bonds. The van der Waals surface area contributed by atoms with Crippen molar-refractivity contribution in [1.29, 1.82) is 0 Å². The van der Waals surface area contributed by atoms with Crippen LogP contribution in [0.2, 0.25) is 5.02 Å². The van der Waals surface area contributed by atoms with Crippen molar-refractivity contribution in [2.75, 3.05) is 20.3 Å². The highest BCUT2D eigenvalue weighted by Gasteiger charge is 2.09. The minimum atomic E-state index is 0.750. The monoisotopic (exact) mass is 231 g/mol. The molecular weight excluding hydrogens is 214 g/mol. The minimum Gasteiger partial charge on any atom is -0.385 e. The summed E-state index contributed by atoms with van der Waals surface area (Å²) in [5, 5.41) is 8.31. The molecule has 0 saturated heterocycles. The maximum Gasteiger partial charge on any atom is 0.0860 e. The van der Waals surface area contributed by atoms with E-state index in [2.05, 4.69) is 10.4 Å². The lowest BCUT2D eigenvalue weighted by Gasteiger charge is -2.05. The first-order valence-corrected chi connectivity index (χ1v) is 5.42. The van der Waals surface area contributed by atoms with Gasteiger partial charge in [0, 0.05) is 27.3 Å². The van der Waals surface area contributed by atoms with Gasteiger partial charge < -0.3 is 10.1 Å². The highest BCUT2D eigenvalue weighted by Crippen LogP contribution is 2.18. The first-order chi connectivity index (χ1) is 7.16. The number of hydrogen-bond donors (Lipinski definition) is 1. The summed E-state index contributed by atoms with van der Waals surface area (Å²) in [5.41, 5.74) is 1.92. The number of nitrogens with zero attached hydrogens (tertiary/aromatic N) is 2. The SMILES string of the molecule is COCCCNCc1c(Cl)c(C)nn1C. The molecule has 0 radical (unpaired) electrons. The van der Waals surface area contributed by atoms with E-state index in [1.54, 1.807) is 7.11 Å². The molecule has 0 aromatic carbocycles. The maximum atomic E-state index is 6.11. The largest absolute Gasteiger partial charge is 0.385 e. The summed E-state index contributed by atoms with van der Waals surface area (Å²) in [5.74, 6) is 0.